The highest BCUT2D eigenvalue weighted by molar-refractivity contribution is 6.31. The molecule has 7 heteroatoms. The Kier molecular flexibility index (Phi) is 3.40. The van der Waals surface area contributed by atoms with Crippen LogP contribution in [0.2, 0.25) is 5.02 Å². The van der Waals surface area contributed by atoms with E-state index in [0.717, 1.165) is 0 Å². The summed E-state index contributed by atoms with van der Waals surface area (Å²) in [4.78, 5) is 7.85. The molecule has 0 saturated heterocycles. The van der Waals surface area contributed by atoms with E-state index in [-0.39, 0.29) is 22.4 Å². The van der Waals surface area contributed by atoms with Crippen molar-refractivity contribution in [3.63, 3.8) is 0 Å². The van der Waals surface area contributed by atoms with E-state index >= 15 is 0 Å². The van der Waals surface area contributed by atoms with Crippen molar-refractivity contribution in [3.8, 4) is 11.4 Å². The van der Waals surface area contributed by atoms with E-state index in [1.165, 1.54) is 25.1 Å². The molecule has 3 N–H and O–H groups in total. The molecular weight excluding hydrogens is 262 g/mol. The summed E-state index contributed by atoms with van der Waals surface area (Å²) in [5.74, 6) is 4.06. The summed E-state index contributed by atoms with van der Waals surface area (Å²) >= 11 is 5.66. The van der Waals surface area contributed by atoms with Crippen LogP contribution in [0.15, 0.2) is 18.2 Å². The van der Waals surface area contributed by atoms with Gasteiger partial charge in [0.15, 0.2) is 17.5 Å². The number of halogens is 3. The van der Waals surface area contributed by atoms with Crippen LogP contribution in [0.5, 0.6) is 0 Å². The van der Waals surface area contributed by atoms with Crippen LogP contribution in [0.25, 0.3) is 11.4 Å². The van der Waals surface area contributed by atoms with Crippen LogP contribution in [0.1, 0.15) is 5.69 Å². The van der Waals surface area contributed by atoms with Gasteiger partial charge in [-0.1, -0.05) is 11.6 Å². The molecule has 1 heterocycles. The SMILES string of the molecule is Cc1nc(-c2ccc(F)c(Cl)c2)nc(NN)c1F. The van der Waals surface area contributed by atoms with Crippen LogP contribution in [-0.4, -0.2) is 9.97 Å². The number of aromatic nitrogens is 2. The number of hydrogen-bond donors (Lipinski definition) is 2. The third-order valence-electron chi connectivity index (χ3n) is 2.33. The van der Waals surface area contributed by atoms with Crippen molar-refractivity contribution in [2.75, 3.05) is 5.43 Å². The molecule has 0 amide bonds. The van der Waals surface area contributed by atoms with Gasteiger partial charge in [0.25, 0.3) is 0 Å². The summed E-state index contributed by atoms with van der Waals surface area (Å²) in [6.45, 7) is 1.48. The molecule has 0 fully saturated rings. The monoisotopic (exact) mass is 270 g/mol. The van der Waals surface area contributed by atoms with Gasteiger partial charge in [-0.2, -0.15) is 0 Å². The molecule has 1 aromatic carbocycles. The Bertz CT molecular complexity index is 604. The van der Waals surface area contributed by atoms with Crippen LogP contribution >= 0.6 is 11.6 Å². The van der Waals surface area contributed by atoms with Gasteiger partial charge in [0.05, 0.1) is 10.7 Å². The molecule has 0 aliphatic carbocycles. The molecule has 0 unspecified atom stereocenters. The lowest BCUT2D eigenvalue weighted by Gasteiger charge is -2.07. The Hall–Kier alpha value is -1.79. The number of hydrazine groups is 1. The standard InChI is InChI=1S/C11H9ClF2N4/c1-5-9(14)11(18-15)17-10(16-5)6-2-3-8(13)7(12)4-6/h2-4H,15H2,1H3,(H,16,17,18). The minimum absolute atomic E-state index is 0.0552. The lowest BCUT2D eigenvalue weighted by atomic mass is 10.2. The Morgan fingerprint density at radius 3 is 2.61 bits per heavy atom. The van der Waals surface area contributed by atoms with Crippen molar-refractivity contribution in [1.82, 2.24) is 9.97 Å². The van der Waals surface area contributed by atoms with Gasteiger partial charge in [-0.05, 0) is 25.1 Å². The normalized spacial score (nSPS) is 10.5. The van der Waals surface area contributed by atoms with E-state index in [1.54, 1.807) is 0 Å². The molecular formula is C11H9ClF2N4. The molecule has 0 spiro atoms. The molecule has 0 atom stereocenters. The Morgan fingerprint density at radius 2 is 2.00 bits per heavy atom. The summed E-state index contributed by atoms with van der Waals surface area (Å²) in [5.41, 5.74) is 2.74. The van der Waals surface area contributed by atoms with Gasteiger partial charge in [-0.3, -0.25) is 0 Å². The maximum absolute atomic E-state index is 13.5. The predicted molar refractivity (Wildman–Crippen MR) is 64.9 cm³/mol. The number of rotatable bonds is 2. The maximum Gasteiger partial charge on any atom is 0.187 e. The molecule has 4 nitrogen and oxygen atoms in total. The largest absolute Gasteiger partial charge is 0.306 e. The van der Waals surface area contributed by atoms with Gasteiger partial charge in [-0.25, -0.2) is 24.6 Å². The molecule has 0 aliphatic heterocycles. The zero-order valence-electron chi connectivity index (χ0n) is 9.34. The van der Waals surface area contributed by atoms with Gasteiger partial charge >= 0.3 is 0 Å². The molecule has 18 heavy (non-hydrogen) atoms. The highest BCUT2D eigenvalue weighted by Gasteiger charge is 2.12. The van der Waals surface area contributed by atoms with E-state index in [2.05, 4.69) is 15.4 Å². The lowest BCUT2D eigenvalue weighted by Crippen LogP contribution is -2.13. The Morgan fingerprint density at radius 1 is 1.28 bits per heavy atom. The minimum atomic E-state index is -0.630. The minimum Gasteiger partial charge on any atom is -0.306 e. The van der Waals surface area contributed by atoms with Crippen LogP contribution in [0, 0.1) is 18.6 Å². The van der Waals surface area contributed by atoms with Gasteiger partial charge in [0.1, 0.15) is 5.82 Å². The van der Waals surface area contributed by atoms with Crippen molar-refractivity contribution in [3.05, 3.63) is 40.6 Å². The second-order valence-corrected chi connectivity index (χ2v) is 3.98. The number of aryl methyl sites for hydroxylation is 1. The van der Waals surface area contributed by atoms with Gasteiger partial charge < -0.3 is 5.43 Å². The average Bonchev–Trinajstić information content (AvgIpc) is 2.36. The first-order valence-corrected chi connectivity index (χ1v) is 5.37. The lowest BCUT2D eigenvalue weighted by molar-refractivity contribution is 0.606. The fourth-order valence-corrected chi connectivity index (χ4v) is 1.60. The molecule has 1 aromatic heterocycles. The van der Waals surface area contributed by atoms with Crippen molar-refractivity contribution < 1.29 is 8.78 Å². The third-order valence-corrected chi connectivity index (χ3v) is 2.62. The summed E-state index contributed by atoms with van der Waals surface area (Å²) in [6.07, 6.45) is 0. The zero-order valence-corrected chi connectivity index (χ0v) is 10.1. The summed E-state index contributed by atoms with van der Waals surface area (Å²) in [6, 6.07) is 4.01. The first kappa shape index (κ1) is 12.7. The van der Waals surface area contributed by atoms with E-state index in [0.29, 0.717) is 5.56 Å². The quantitative estimate of drug-likeness (QED) is 0.650. The highest BCUT2D eigenvalue weighted by atomic mass is 35.5. The van der Waals surface area contributed by atoms with E-state index < -0.39 is 11.6 Å². The summed E-state index contributed by atoms with van der Waals surface area (Å²) in [7, 11) is 0. The van der Waals surface area contributed by atoms with Crippen LogP contribution in [0.3, 0.4) is 0 Å². The topological polar surface area (TPSA) is 63.8 Å². The van der Waals surface area contributed by atoms with Crippen molar-refractivity contribution in [2.45, 2.75) is 6.92 Å². The molecule has 2 aromatic rings. The Labute approximate surface area is 107 Å². The van der Waals surface area contributed by atoms with E-state index in [9.17, 15) is 8.78 Å². The van der Waals surface area contributed by atoms with E-state index in [1.807, 2.05) is 0 Å². The van der Waals surface area contributed by atoms with Crippen LogP contribution < -0.4 is 11.3 Å². The molecule has 94 valence electrons. The number of nitrogen functional groups attached to an aromatic ring is 1. The fraction of sp³-hybridized carbons (Fsp3) is 0.0909. The smallest absolute Gasteiger partial charge is 0.187 e. The summed E-state index contributed by atoms with van der Waals surface area (Å²) < 4.78 is 26.5. The maximum atomic E-state index is 13.5. The highest BCUT2D eigenvalue weighted by Crippen LogP contribution is 2.24. The molecule has 0 aliphatic rings. The van der Waals surface area contributed by atoms with E-state index in [4.69, 9.17) is 17.4 Å². The number of nitrogens with one attached hydrogen (secondary N) is 1. The average molecular weight is 271 g/mol. The van der Waals surface area contributed by atoms with Crippen molar-refractivity contribution >= 4 is 17.4 Å². The van der Waals surface area contributed by atoms with Crippen molar-refractivity contribution in [2.24, 2.45) is 5.84 Å². The fourth-order valence-electron chi connectivity index (χ4n) is 1.42. The van der Waals surface area contributed by atoms with Gasteiger partial charge in [0.2, 0.25) is 0 Å². The van der Waals surface area contributed by atoms with Crippen LogP contribution in [-0.2, 0) is 0 Å². The molecule has 0 bridgehead atoms. The second-order valence-electron chi connectivity index (χ2n) is 3.57. The molecule has 0 radical (unpaired) electrons. The number of nitrogens with zero attached hydrogens (tertiary/aromatic N) is 2. The third kappa shape index (κ3) is 2.25. The van der Waals surface area contributed by atoms with Crippen molar-refractivity contribution in [1.29, 1.82) is 0 Å². The number of hydrogen-bond acceptors (Lipinski definition) is 4. The summed E-state index contributed by atoms with van der Waals surface area (Å²) in [5, 5.41) is -0.0552. The number of benzene rings is 1. The zero-order chi connectivity index (χ0) is 13.3. The first-order valence-electron chi connectivity index (χ1n) is 4.99. The Balaban J connectivity index is 2.57. The van der Waals surface area contributed by atoms with Crippen LogP contribution in [0.4, 0.5) is 14.6 Å². The second kappa shape index (κ2) is 4.83. The molecule has 2 rings (SSSR count). The predicted octanol–water partition coefficient (Wildman–Crippen LogP) is 2.67. The number of nitrogens with two attached hydrogens (primary N) is 1. The number of anilines is 1. The molecule has 0 saturated carbocycles. The van der Waals surface area contributed by atoms with Gasteiger partial charge in [-0.15, -0.1) is 0 Å². The van der Waals surface area contributed by atoms with Gasteiger partial charge in [0, 0.05) is 5.56 Å². The first-order chi connectivity index (χ1) is 8.52.